The van der Waals surface area contributed by atoms with Gasteiger partial charge in [0.05, 0.1) is 12.5 Å². The third-order valence-corrected chi connectivity index (χ3v) is 4.64. The number of rotatable bonds is 2. The monoisotopic (exact) mass is 401 g/mol. The quantitative estimate of drug-likeness (QED) is 0.568. The molecule has 7 heteroatoms. The zero-order valence-corrected chi connectivity index (χ0v) is 13.9. The molecule has 0 saturated carbocycles. The number of ether oxygens (including phenoxy) is 1. The van der Waals surface area contributed by atoms with Gasteiger partial charge < -0.3 is 9.30 Å². The molecular weight excluding hydrogens is 385 g/mol. The summed E-state index contributed by atoms with van der Waals surface area (Å²) in [4.78, 5) is 28.9. The van der Waals surface area contributed by atoms with Crippen LogP contribution in [-0.4, -0.2) is 27.2 Å². The molecule has 0 spiro atoms. The SMILES string of the molecule is COC(=O)Cn1cc(I)c2c(=O)n3c(nc21)CCCCC3. The Morgan fingerprint density at radius 1 is 1.43 bits per heavy atom. The molecular formula is C14H16IN3O3. The molecule has 21 heavy (non-hydrogen) atoms. The number of halogens is 1. The summed E-state index contributed by atoms with van der Waals surface area (Å²) in [6, 6.07) is 0. The second-order valence-corrected chi connectivity index (χ2v) is 6.34. The van der Waals surface area contributed by atoms with Crippen LogP contribution >= 0.6 is 22.6 Å². The van der Waals surface area contributed by atoms with E-state index in [9.17, 15) is 9.59 Å². The van der Waals surface area contributed by atoms with Gasteiger partial charge >= 0.3 is 5.97 Å². The summed E-state index contributed by atoms with van der Waals surface area (Å²) in [6.45, 7) is 0.807. The van der Waals surface area contributed by atoms with E-state index in [0.717, 1.165) is 41.6 Å². The number of nitrogens with zero attached hydrogens (tertiary/aromatic N) is 3. The first kappa shape index (κ1) is 14.6. The van der Waals surface area contributed by atoms with E-state index in [1.807, 2.05) is 0 Å². The summed E-state index contributed by atoms with van der Waals surface area (Å²) in [7, 11) is 1.35. The summed E-state index contributed by atoms with van der Waals surface area (Å²) in [5.41, 5.74) is 0.591. The van der Waals surface area contributed by atoms with Gasteiger partial charge in [-0.05, 0) is 35.4 Å². The van der Waals surface area contributed by atoms with Crippen LogP contribution in [0.3, 0.4) is 0 Å². The van der Waals surface area contributed by atoms with Gasteiger partial charge in [-0.25, -0.2) is 4.98 Å². The van der Waals surface area contributed by atoms with Crippen molar-refractivity contribution in [2.24, 2.45) is 0 Å². The first-order valence-electron chi connectivity index (χ1n) is 6.96. The molecule has 2 aromatic heterocycles. The van der Waals surface area contributed by atoms with Gasteiger partial charge in [-0.15, -0.1) is 0 Å². The molecule has 0 saturated heterocycles. The smallest absolute Gasteiger partial charge is 0.325 e. The van der Waals surface area contributed by atoms with E-state index < -0.39 is 0 Å². The van der Waals surface area contributed by atoms with Crippen molar-refractivity contribution in [2.75, 3.05) is 7.11 Å². The second-order valence-electron chi connectivity index (χ2n) is 5.18. The van der Waals surface area contributed by atoms with Crippen molar-refractivity contribution < 1.29 is 9.53 Å². The Labute approximate surface area is 135 Å². The minimum absolute atomic E-state index is 0.00455. The molecule has 0 aromatic carbocycles. The fourth-order valence-corrected chi connectivity index (χ4v) is 3.55. The zero-order chi connectivity index (χ0) is 15.0. The van der Waals surface area contributed by atoms with Gasteiger partial charge in [-0.1, -0.05) is 6.42 Å². The number of carbonyl (C=O) groups is 1. The highest BCUT2D eigenvalue weighted by Gasteiger charge is 2.19. The van der Waals surface area contributed by atoms with Crippen LogP contribution in [-0.2, 0) is 29.0 Å². The Kier molecular flexibility index (Phi) is 4.01. The summed E-state index contributed by atoms with van der Waals surface area (Å²) in [5, 5.41) is 0.602. The first-order chi connectivity index (χ1) is 10.1. The molecule has 0 unspecified atom stereocenters. The Hall–Kier alpha value is -1.38. The number of aromatic nitrogens is 3. The molecule has 0 atom stereocenters. The normalized spacial score (nSPS) is 14.8. The maximum atomic E-state index is 12.7. The summed E-state index contributed by atoms with van der Waals surface area (Å²) in [5.74, 6) is 0.478. The Balaban J connectivity index is 2.21. The van der Waals surface area contributed by atoms with Gasteiger partial charge in [-0.2, -0.15) is 0 Å². The molecule has 6 nitrogen and oxygen atoms in total. The largest absolute Gasteiger partial charge is 0.468 e. The predicted molar refractivity (Wildman–Crippen MR) is 86.3 cm³/mol. The molecule has 1 aliphatic rings. The molecule has 3 heterocycles. The van der Waals surface area contributed by atoms with Crippen molar-refractivity contribution in [3.63, 3.8) is 0 Å². The predicted octanol–water partition coefficient (Wildman–Crippen LogP) is 1.70. The van der Waals surface area contributed by atoms with E-state index in [1.165, 1.54) is 7.11 Å². The Morgan fingerprint density at radius 3 is 3.00 bits per heavy atom. The molecule has 1 aliphatic heterocycles. The number of carbonyl (C=O) groups excluding carboxylic acids is 1. The number of aryl methyl sites for hydroxylation is 1. The molecule has 0 amide bonds. The fourth-order valence-electron chi connectivity index (χ4n) is 2.74. The van der Waals surface area contributed by atoms with Crippen molar-refractivity contribution in [2.45, 2.75) is 38.8 Å². The third-order valence-electron chi connectivity index (χ3n) is 3.82. The number of fused-ring (bicyclic) bond motifs is 2. The first-order valence-corrected chi connectivity index (χ1v) is 8.04. The average molecular weight is 401 g/mol. The van der Waals surface area contributed by atoms with E-state index >= 15 is 0 Å². The van der Waals surface area contributed by atoms with Crippen LogP contribution in [0.15, 0.2) is 11.0 Å². The lowest BCUT2D eigenvalue weighted by Gasteiger charge is -2.09. The van der Waals surface area contributed by atoms with Crippen LogP contribution in [0.2, 0.25) is 0 Å². The van der Waals surface area contributed by atoms with E-state index in [2.05, 4.69) is 27.6 Å². The molecule has 0 aliphatic carbocycles. The maximum absolute atomic E-state index is 12.7. The molecule has 0 fully saturated rings. The summed E-state index contributed by atoms with van der Waals surface area (Å²) >= 11 is 2.12. The Morgan fingerprint density at radius 2 is 2.24 bits per heavy atom. The number of hydrogen-bond acceptors (Lipinski definition) is 4. The lowest BCUT2D eigenvalue weighted by Crippen LogP contribution is -2.25. The van der Waals surface area contributed by atoms with Crippen LogP contribution in [0.25, 0.3) is 11.0 Å². The van der Waals surface area contributed by atoms with Gasteiger partial charge in [0, 0.05) is 22.7 Å². The van der Waals surface area contributed by atoms with Crippen LogP contribution < -0.4 is 5.56 Å². The highest BCUT2D eigenvalue weighted by Crippen LogP contribution is 2.21. The van der Waals surface area contributed by atoms with Crippen molar-refractivity contribution in [1.29, 1.82) is 0 Å². The van der Waals surface area contributed by atoms with E-state index in [-0.39, 0.29) is 18.1 Å². The number of esters is 1. The minimum atomic E-state index is -0.347. The van der Waals surface area contributed by atoms with Crippen LogP contribution in [0.4, 0.5) is 0 Å². The van der Waals surface area contributed by atoms with Gasteiger partial charge in [0.25, 0.3) is 5.56 Å². The lowest BCUT2D eigenvalue weighted by atomic mass is 10.2. The van der Waals surface area contributed by atoms with Gasteiger partial charge in [0.15, 0.2) is 0 Å². The molecule has 2 aromatic rings. The van der Waals surface area contributed by atoms with Crippen LogP contribution in [0, 0.1) is 3.57 Å². The standard InChI is InChI=1S/C14H16IN3O3/c1-21-11(19)8-17-7-9(15)12-13(17)16-10-5-3-2-4-6-18(10)14(12)20/h7H,2-6,8H2,1H3. The van der Waals surface area contributed by atoms with Crippen molar-refractivity contribution >= 4 is 39.6 Å². The van der Waals surface area contributed by atoms with E-state index in [4.69, 9.17) is 4.74 Å². The van der Waals surface area contributed by atoms with Gasteiger partial charge in [0.1, 0.15) is 18.0 Å². The molecule has 0 bridgehead atoms. The lowest BCUT2D eigenvalue weighted by molar-refractivity contribution is -0.141. The summed E-state index contributed by atoms with van der Waals surface area (Å²) < 4.78 is 9.02. The average Bonchev–Trinajstić information content (AvgIpc) is 2.65. The number of methoxy groups -OCH3 is 1. The highest BCUT2D eigenvalue weighted by atomic mass is 127. The highest BCUT2D eigenvalue weighted by molar-refractivity contribution is 14.1. The van der Waals surface area contributed by atoms with Crippen molar-refractivity contribution in [3.05, 3.63) is 25.9 Å². The topological polar surface area (TPSA) is 66.1 Å². The van der Waals surface area contributed by atoms with E-state index in [0.29, 0.717) is 11.0 Å². The number of hydrogen-bond donors (Lipinski definition) is 0. The third kappa shape index (κ3) is 2.58. The zero-order valence-electron chi connectivity index (χ0n) is 11.8. The van der Waals surface area contributed by atoms with Crippen LogP contribution in [0.1, 0.15) is 25.1 Å². The Bertz CT molecular complexity index is 763. The van der Waals surface area contributed by atoms with Gasteiger partial charge in [-0.3, -0.25) is 14.2 Å². The molecule has 0 N–H and O–H groups in total. The maximum Gasteiger partial charge on any atom is 0.325 e. The molecule has 112 valence electrons. The molecule has 3 rings (SSSR count). The second kappa shape index (κ2) is 5.78. The van der Waals surface area contributed by atoms with E-state index in [1.54, 1.807) is 15.3 Å². The van der Waals surface area contributed by atoms with Gasteiger partial charge in [0.2, 0.25) is 0 Å². The minimum Gasteiger partial charge on any atom is -0.468 e. The van der Waals surface area contributed by atoms with Crippen molar-refractivity contribution in [3.8, 4) is 0 Å². The summed E-state index contributed by atoms with van der Waals surface area (Å²) in [6.07, 6.45) is 5.78. The van der Waals surface area contributed by atoms with Crippen molar-refractivity contribution in [1.82, 2.24) is 14.1 Å². The molecule has 0 radical (unpaired) electrons. The van der Waals surface area contributed by atoms with Crippen LogP contribution in [0.5, 0.6) is 0 Å². The fraction of sp³-hybridized carbons (Fsp3) is 0.500.